The number of rotatable bonds is 3. The first kappa shape index (κ1) is 15.8. The van der Waals surface area contributed by atoms with E-state index in [0.29, 0.717) is 11.5 Å². The normalized spacial score (nSPS) is 40.7. The Bertz CT molecular complexity index is 336. The molecule has 3 fully saturated rings. The maximum absolute atomic E-state index is 3.88. The third-order valence-electron chi connectivity index (χ3n) is 6.68. The highest BCUT2D eigenvalue weighted by Gasteiger charge is 2.45. The lowest BCUT2D eigenvalue weighted by molar-refractivity contribution is -0.0270. The molecule has 0 aromatic rings. The van der Waals surface area contributed by atoms with Crippen LogP contribution >= 0.6 is 0 Å². The van der Waals surface area contributed by atoms with Crippen molar-refractivity contribution in [1.29, 1.82) is 0 Å². The van der Waals surface area contributed by atoms with Crippen molar-refractivity contribution in [2.75, 3.05) is 13.1 Å². The van der Waals surface area contributed by atoms with Gasteiger partial charge in [0.15, 0.2) is 0 Å². The third-order valence-corrected chi connectivity index (χ3v) is 6.68. The fourth-order valence-electron chi connectivity index (χ4n) is 5.67. The Morgan fingerprint density at radius 3 is 2.48 bits per heavy atom. The quantitative estimate of drug-likeness (QED) is 0.839. The van der Waals surface area contributed by atoms with E-state index in [1.54, 1.807) is 0 Å². The molecule has 4 unspecified atom stereocenters. The number of hydrogen-bond donors (Lipinski definition) is 1. The molecule has 3 aliphatic rings. The summed E-state index contributed by atoms with van der Waals surface area (Å²) >= 11 is 0. The molecule has 3 rings (SSSR count). The molecule has 2 saturated carbocycles. The molecule has 2 aliphatic carbocycles. The van der Waals surface area contributed by atoms with Gasteiger partial charge in [-0.15, -0.1) is 0 Å². The maximum atomic E-state index is 3.88. The minimum absolute atomic E-state index is 0.459. The van der Waals surface area contributed by atoms with Crippen molar-refractivity contribution in [3.05, 3.63) is 0 Å². The van der Waals surface area contributed by atoms with Crippen LogP contribution in [0.3, 0.4) is 0 Å². The van der Waals surface area contributed by atoms with Gasteiger partial charge in [0.05, 0.1) is 0 Å². The molecule has 0 radical (unpaired) electrons. The van der Waals surface area contributed by atoms with Crippen LogP contribution in [-0.4, -0.2) is 36.1 Å². The van der Waals surface area contributed by atoms with Gasteiger partial charge >= 0.3 is 0 Å². The minimum atomic E-state index is 0.459. The second-order valence-corrected chi connectivity index (χ2v) is 8.48. The van der Waals surface area contributed by atoms with Crippen LogP contribution in [0.2, 0.25) is 0 Å². The molecule has 4 atom stereocenters. The van der Waals surface area contributed by atoms with Crippen LogP contribution < -0.4 is 5.32 Å². The van der Waals surface area contributed by atoms with Gasteiger partial charge in [0.2, 0.25) is 0 Å². The summed E-state index contributed by atoms with van der Waals surface area (Å²) < 4.78 is 0. The molecular formula is C19H36N2. The van der Waals surface area contributed by atoms with E-state index < -0.39 is 0 Å². The predicted molar refractivity (Wildman–Crippen MR) is 90.6 cm³/mol. The molecular weight excluding hydrogens is 256 g/mol. The SMILES string of the molecule is CCNC1C(N2CCCC3CCCCC32)CCCC1(C)C. The number of nitrogens with zero attached hydrogens (tertiary/aromatic N) is 1. The van der Waals surface area contributed by atoms with E-state index in [4.69, 9.17) is 0 Å². The van der Waals surface area contributed by atoms with Gasteiger partial charge in [-0.2, -0.15) is 0 Å². The second kappa shape index (κ2) is 6.58. The first-order valence-corrected chi connectivity index (χ1v) is 9.62. The Labute approximate surface area is 132 Å². The van der Waals surface area contributed by atoms with Gasteiger partial charge in [-0.25, -0.2) is 0 Å². The van der Waals surface area contributed by atoms with Crippen LogP contribution in [-0.2, 0) is 0 Å². The van der Waals surface area contributed by atoms with E-state index in [1.165, 1.54) is 64.3 Å². The van der Waals surface area contributed by atoms with Gasteiger partial charge in [0, 0.05) is 18.1 Å². The summed E-state index contributed by atoms with van der Waals surface area (Å²) in [6.07, 6.45) is 13.1. The zero-order valence-corrected chi connectivity index (χ0v) is 14.5. The van der Waals surface area contributed by atoms with Crippen molar-refractivity contribution < 1.29 is 0 Å². The molecule has 2 nitrogen and oxygen atoms in total. The fourth-order valence-corrected chi connectivity index (χ4v) is 5.67. The topological polar surface area (TPSA) is 15.3 Å². The molecule has 122 valence electrons. The zero-order valence-electron chi connectivity index (χ0n) is 14.5. The van der Waals surface area contributed by atoms with Crippen molar-refractivity contribution in [2.45, 2.75) is 96.7 Å². The molecule has 2 heteroatoms. The monoisotopic (exact) mass is 292 g/mol. The Balaban J connectivity index is 1.78. The molecule has 1 saturated heterocycles. The molecule has 0 bridgehead atoms. The first-order valence-electron chi connectivity index (χ1n) is 9.62. The van der Waals surface area contributed by atoms with E-state index in [-0.39, 0.29) is 0 Å². The fraction of sp³-hybridized carbons (Fsp3) is 1.00. The lowest BCUT2D eigenvalue weighted by atomic mass is 9.68. The van der Waals surface area contributed by atoms with Crippen LogP contribution in [0.5, 0.6) is 0 Å². The Morgan fingerprint density at radius 2 is 1.67 bits per heavy atom. The Hall–Kier alpha value is -0.0800. The van der Waals surface area contributed by atoms with Crippen LogP contribution in [0.4, 0.5) is 0 Å². The van der Waals surface area contributed by atoms with Crippen LogP contribution in [0.15, 0.2) is 0 Å². The summed E-state index contributed by atoms with van der Waals surface area (Å²) in [6, 6.07) is 2.39. The van der Waals surface area contributed by atoms with Crippen molar-refractivity contribution in [1.82, 2.24) is 10.2 Å². The lowest BCUT2D eigenvalue weighted by Gasteiger charge is -2.54. The number of nitrogens with one attached hydrogen (secondary N) is 1. The highest BCUT2D eigenvalue weighted by Crippen LogP contribution is 2.43. The average molecular weight is 293 g/mol. The Morgan fingerprint density at radius 1 is 0.952 bits per heavy atom. The molecule has 0 amide bonds. The number of piperidine rings is 1. The summed E-state index contributed by atoms with van der Waals surface area (Å²) in [6.45, 7) is 9.75. The molecule has 21 heavy (non-hydrogen) atoms. The van der Waals surface area contributed by atoms with Gasteiger partial charge in [-0.05, 0) is 62.9 Å². The summed E-state index contributed by atoms with van der Waals surface area (Å²) in [7, 11) is 0. The molecule has 1 N–H and O–H groups in total. The summed E-state index contributed by atoms with van der Waals surface area (Å²) in [5.74, 6) is 1.01. The number of likely N-dealkylation sites (N-methyl/N-ethyl adjacent to an activating group) is 1. The highest BCUT2D eigenvalue weighted by atomic mass is 15.2. The van der Waals surface area contributed by atoms with E-state index >= 15 is 0 Å². The van der Waals surface area contributed by atoms with Crippen molar-refractivity contribution in [3.8, 4) is 0 Å². The van der Waals surface area contributed by atoms with Crippen molar-refractivity contribution in [2.24, 2.45) is 11.3 Å². The van der Waals surface area contributed by atoms with Gasteiger partial charge < -0.3 is 5.32 Å². The molecule has 1 aliphatic heterocycles. The van der Waals surface area contributed by atoms with Crippen LogP contribution in [0.1, 0.15) is 78.6 Å². The van der Waals surface area contributed by atoms with Crippen LogP contribution in [0.25, 0.3) is 0 Å². The van der Waals surface area contributed by atoms with Crippen molar-refractivity contribution in [3.63, 3.8) is 0 Å². The lowest BCUT2D eigenvalue weighted by Crippen LogP contribution is -2.63. The van der Waals surface area contributed by atoms with Crippen LogP contribution in [0, 0.1) is 11.3 Å². The summed E-state index contributed by atoms with van der Waals surface area (Å²) in [5, 5.41) is 3.88. The van der Waals surface area contributed by atoms with E-state index in [0.717, 1.165) is 24.5 Å². The number of likely N-dealkylation sites (tertiary alicyclic amines) is 1. The summed E-state index contributed by atoms with van der Waals surface area (Å²) in [5.41, 5.74) is 0.459. The first-order chi connectivity index (χ1) is 10.1. The molecule has 0 spiro atoms. The Kier molecular flexibility index (Phi) is 4.95. The molecule has 1 heterocycles. The highest BCUT2D eigenvalue weighted by molar-refractivity contribution is 5.01. The van der Waals surface area contributed by atoms with Gasteiger partial charge in [0.25, 0.3) is 0 Å². The smallest absolute Gasteiger partial charge is 0.0274 e. The minimum Gasteiger partial charge on any atom is -0.312 e. The van der Waals surface area contributed by atoms with E-state index in [2.05, 4.69) is 31.0 Å². The van der Waals surface area contributed by atoms with Gasteiger partial charge in [-0.1, -0.05) is 40.0 Å². The maximum Gasteiger partial charge on any atom is 0.0274 e. The zero-order chi connectivity index (χ0) is 14.9. The average Bonchev–Trinajstić information content (AvgIpc) is 2.49. The largest absolute Gasteiger partial charge is 0.312 e. The second-order valence-electron chi connectivity index (χ2n) is 8.48. The molecule has 0 aromatic carbocycles. The van der Waals surface area contributed by atoms with Crippen molar-refractivity contribution >= 4 is 0 Å². The molecule has 0 aromatic heterocycles. The third kappa shape index (κ3) is 3.17. The number of fused-ring (bicyclic) bond motifs is 1. The number of hydrogen-bond acceptors (Lipinski definition) is 2. The standard InChI is InChI=1S/C19H36N2/c1-4-20-18-17(12-7-13-19(18,2)3)21-14-8-10-15-9-5-6-11-16(15)21/h15-18,20H,4-14H2,1-3H3. The summed E-state index contributed by atoms with van der Waals surface area (Å²) in [4.78, 5) is 2.97. The van der Waals surface area contributed by atoms with Gasteiger partial charge in [-0.3, -0.25) is 4.90 Å². The van der Waals surface area contributed by atoms with E-state index in [9.17, 15) is 0 Å². The van der Waals surface area contributed by atoms with Gasteiger partial charge in [0.1, 0.15) is 0 Å². The predicted octanol–water partition coefficient (Wildman–Crippen LogP) is 4.20. The van der Waals surface area contributed by atoms with E-state index in [1.807, 2.05) is 0 Å².